The summed E-state index contributed by atoms with van der Waals surface area (Å²) in [5.41, 5.74) is 8.91. The first-order valence-corrected chi connectivity index (χ1v) is 7.80. The molecule has 1 unspecified atom stereocenters. The largest absolute Gasteiger partial charge is 0.391 e. The van der Waals surface area contributed by atoms with Crippen molar-refractivity contribution in [1.29, 1.82) is 0 Å². The van der Waals surface area contributed by atoms with E-state index in [4.69, 9.17) is 5.73 Å². The molecule has 1 aromatic carbocycles. The molecule has 1 saturated heterocycles. The highest BCUT2D eigenvalue weighted by molar-refractivity contribution is 5.62. The van der Waals surface area contributed by atoms with Gasteiger partial charge in [-0.3, -0.25) is 0 Å². The average molecular weight is 298 g/mol. The van der Waals surface area contributed by atoms with Crippen molar-refractivity contribution in [3.05, 3.63) is 42.2 Å². The smallest absolute Gasteiger partial charge is 0.225 e. The zero-order valence-electron chi connectivity index (χ0n) is 12.7. The molecule has 2 aromatic rings. The lowest BCUT2D eigenvalue weighted by atomic mass is 10.1. The van der Waals surface area contributed by atoms with Crippen molar-refractivity contribution in [2.24, 2.45) is 5.73 Å². The Balaban J connectivity index is 1.73. The lowest BCUT2D eigenvalue weighted by molar-refractivity contribution is 0.153. The summed E-state index contributed by atoms with van der Waals surface area (Å²) in [6.07, 6.45) is 6.17. The van der Waals surface area contributed by atoms with E-state index < -0.39 is 0 Å². The number of hydrogen-bond donors (Lipinski definition) is 2. The lowest BCUT2D eigenvalue weighted by Crippen LogP contribution is -2.39. The lowest BCUT2D eigenvalue weighted by Gasteiger charge is -2.29. The molecular formula is C17H22N4O. The van der Waals surface area contributed by atoms with Crippen LogP contribution in [-0.4, -0.2) is 40.8 Å². The summed E-state index contributed by atoms with van der Waals surface area (Å²) in [7, 11) is 0. The summed E-state index contributed by atoms with van der Waals surface area (Å²) in [5, 5.41) is 9.74. The van der Waals surface area contributed by atoms with Gasteiger partial charge in [-0.15, -0.1) is 0 Å². The van der Waals surface area contributed by atoms with Crippen LogP contribution in [0, 0.1) is 0 Å². The second-order valence-electron chi connectivity index (χ2n) is 5.75. The molecule has 1 aliphatic rings. The number of nitrogens with two attached hydrogens (primary N) is 1. The molecule has 1 aromatic heterocycles. The molecule has 22 heavy (non-hydrogen) atoms. The fourth-order valence-corrected chi connectivity index (χ4v) is 2.80. The van der Waals surface area contributed by atoms with Crippen LogP contribution < -0.4 is 10.6 Å². The normalized spacial score (nSPS) is 18.5. The molecule has 5 heteroatoms. The van der Waals surface area contributed by atoms with Gasteiger partial charge in [-0.05, 0) is 36.9 Å². The van der Waals surface area contributed by atoms with Crippen LogP contribution in [-0.2, 0) is 6.42 Å². The van der Waals surface area contributed by atoms with Crippen LogP contribution in [0.15, 0.2) is 36.7 Å². The third kappa shape index (κ3) is 3.43. The topological polar surface area (TPSA) is 75.3 Å². The number of piperidine rings is 1. The summed E-state index contributed by atoms with van der Waals surface area (Å²) < 4.78 is 0. The number of hydrogen-bond acceptors (Lipinski definition) is 5. The van der Waals surface area contributed by atoms with Crippen LogP contribution in [0.3, 0.4) is 0 Å². The van der Waals surface area contributed by atoms with Gasteiger partial charge >= 0.3 is 0 Å². The molecule has 0 saturated carbocycles. The molecule has 2 heterocycles. The molecule has 116 valence electrons. The first-order chi connectivity index (χ1) is 10.8. The predicted molar refractivity (Wildman–Crippen MR) is 87.7 cm³/mol. The van der Waals surface area contributed by atoms with Gasteiger partial charge in [-0.25, -0.2) is 9.97 Å². The van der Waals surface area contributed by atoms with Crippen molar-refractivity contribution in [3.8, 4) is 11.1 Å². The van der Waals surface area contributed by atoms with Crippen molar-refractivity contribution < 1.29 is 5.11 Å². The highest BCUT2D eigenvalue weighted by Gasteiger charge is 2.19. The van der Waals surface area contributed by atoms with Gasteiger partial charge in [-0.2, -0.15) is 0 Å². The fourth-order valence-electron chi connectivity index (χ4n) is 2.80. The zero-order chi connectivity index (χ0) is 15.4. The van der Waals surface area contributed by atoms with Gasteiger partial charge in [0.05, 0.1) is 6.10 Å². The molecule has 3 rings (SSSR count). The van der Waals surface area contributed by atoms with Crippen molar-refractivity contribution in [1.82, 2.24) is 9.97 Å². The Hall–Kier alpha value is -1.98. The third-order valence-electron chi connectivity index (χ3n) is 4.04. The molecule has 0 spiro atoms. The number of β-amino-alcohol motifs (C(OH)–C–C–N with tert-alkyl or cyclic N) is 1. The average Bonchev–Trinajstić information content (AvgIpc) is 2.56. The first kappa shape index (κ1) is 14.9. The highest BCUT2D eigenvalue weighted by atomic mass is 16.3. The van der Waals surface area contributed by atoms with Crippen molar-refractivity contribution in [3.63, 3.8) is 0 Å². The van der Waals surface area contributed by atoms with Gasteiger partial charge in [0.2, 0.25) is 5.95 Å². The Morgan fingerprint density at radius 1 is 1.14 bits per heavy atom. The quantitative estimate of drug-likeness (QED) is 0.897. The number of aliphatic hydroxyl groups is 1. The highest BCUT2D eigenvalue weighted by Crippen LogP contribution is 2.21. The molecule has 0 aliphatic carbocycles. The standard InChI is InChI=1S/C17H22N4O/c18-8-7-13-3-5-14(6-4-13)15-10-19-17(20-11-15)21-9-1-2-16(22)12-21/h3-6,10-11,16,22H,1-2,7-9,12,18H2. The monoisotopic (exact) mass is 298 g/mol. The fraction of sp³-hybridized carbons (Fsp3) is 0.412. The van der Waals surface area contributed by atoms with Crippen LogP contribution in [0.1, 0.15) is 18.4 Å². The number of aromatic nitrogens is 2. The number of nitrogens with zero attached hydrogens (tertiary/aromatic N) is 3. The molecule has 1 fully saturated rings. The summed E-state index contributed by atoms with van der Waals surface area (Å²) >= 11 is 0. The minimum Gasteiger partial charge on any atom is -0.391 e. The molecule has 0 radical (unpaired) electrons. The Morgan fingerprint density at radius 2 is 1.86 bits per heavy atom. The second kappa shape index (κ2) is 6.85. The molecular weight excluding hydrogens is 276 g/mol. The molecule has 3 N–H and O–H groups in total. The van der Waals surface area contributed by atoms with Crippen LogP contribution in [0.5, 0.6) is 0 Å². The minimum absolute atomic E-state index is 0.271. The van der Waals surface area contributed by atoms with Gasteiger partial charge in [0.1, 0.15) is 0 Å². The van der Waals surface area contributed by atoms with Gasteiger partial charge in [-0.1, -0.05) is 24.3 Å². The maximum atomic E-state index is 9.74. The van der Waals surface area contributed by atoms with E-state index in [-0.39, 0.29) is 6.10 Å². The Bertz CT molecular complexity index is 597. The van der Waals surface area contributed by atoms with Crippen molar-refractivity contribution in [2.75, 3.05) is 24.5 Å². The molecule has 0 bridgehead atoms. The Morgan fingerprint density at radius 3 is 2.50 bits per heavy atom. The number of anilines is 1. The summed E-state index contributed by atoms with van der Waals surface area (Å²) in [6, 6.07) is 8.34. The maximum absolute atomic E-state index is 9.74. The molecule has 0 amide bonds. The SMILES string of the molecule is NCCc1ccc(-c2cnc(N3CCCC(O)C3)nc2)cc1. The second-order valence-corrected chi connectivity index (χ2v) is 5.75. The van der Waals surface area contributed by atoms with E-state index in [1.165, 1.54) is 5.56 Å². The molecule has 1 atom stereocenters. The Labute approximate surface area is 130 Å². The molecule has 5 nitrogen and oxygen atoms in total. The van der Waals surface area contributed by atoms with Crippen LogP contribution in [0.2, 0.25) is 0 Å². The summed E-state index contributed by atoms with van der Waals surface area (Å²) in [4.78, 5) is 11.0. The van der Waals surface area contributed by atoms with E-state index in [1.54, 1.807) is 0 Å². The summed E-state index contributed by atoms with van der Waals surface area (Å²) in [5.74, 6) is 0.697. The van der Waals surface area contributed by atoms with Crippen molar-refractivity contribution in [2.45, 2.75) is 25.4 Å². The van der Waals surface area contributed by atoms with E-state index in [1.807, 2.05) is 17.3 Å². The third-order valence-corrected chi connectivity index (χ3v) is 4.04. The number of rotatable bonds is 4. The maximum Gasteiger partial charge on any atom is 0.225 e. The van der Waals surface area contributed by atoms with Crippen LogP contribution in [0.4, 0.5) is 5.95 Å². The zero-order valence-corrected chi connectivity index (χ0v) is 12.7. The van der Waals surface area contributed by atoms with Crippen LogP contribution >= 0.6 is 0 Å². The minimum atomic E-state index is -0.271. The van der Waals surface area contributed by atoms with Gasteiger partial charge in [0, 0.05) is 31.0 Å². The predicted octanol–water partition coefficient (Wildman–Crippen LogP) is 1.61. The Kier molecular flexibility index (Phi) is 4.65. The van der Waals surface area contributed by atoms with Gasteiger partial charge in [0.15, 0.2) is 0 Å². The van der Waals surface area contributed by atoms with E-state index in [0.29, 0.717) is 19.0 Å². The number of benzene rings is 1. The van der Waals surface area contributed by atoms with E-state index in [0.717, 1.165) is 36.9 Å². The van der Waals surface area contributed by atoms with Gasteiger partial charge in [0.25, 0.3) is 0 Å². The van der Waals surface area contributed by atoms with E-state index in [2.05, 4.69) is 34.2 Å². The van der Waals surface area contributed by atoms with E-state index >= 15 is 0 Å². The first-order valence-electron chi connectivity index (χ1n) is 7.80. The van der Waals surface area contributed by atoms with Gasteiger partial charge < -0.3 is 15.7 Å². The van der Waals surface area contributed by atoms with Crippen LogP contribution in [0.25, 0.3) is 11.1 Å². The molecule has 1 aliphatic heterocycles. The van der Waals surface area contributed by atoms with Crippen molar-refractivity contribution >= 4 is 5.95 Å². The van der Waals surface area contributed by atoms with E-state index in [9.17, 15) is 5.11 Å². The summed E-state index contributed by atoms with van der Waals surface area (Å²) in [6.45, 7) is 2.19. The number of aliphatic hydroxyl groups excluding tert-OH is 1.